The minimum Gasteiger partial charge on any atom is -0.352 e. The second-order valence-electron chi connectivity index (χ2n) is 7.81. The lowest BCUT2D eigenvalue weighted by Gasteiger charge is -2.11. The zero-order chi connectivity index (χ0) is 21.0. The summed E-state index contributed by atoms with van der Waals surface area (Å²) in [6.07, 6.45) is 8.69. The number of aryl methyl sites for hydroxylation is 1. The molecule has 7 heteroatoms. The molecule has 156 valence electrons. The molecule has 0 fully saturated rings. The van der Waals surface area contributed by atoms with E-state index in [1.807, 2.05) is 42.5 Å². The number of nitrogens with zero attached hydrogens (tertiary/aromatic N) is 5. The number of carbonyl (C=O) groups is 1. The Morgan fingerprint density at radius 1 is 1.06 bits per heavy atom. The van der Waals surface area contributed by atoms with Crippen LogP contribution in [0.1, 0.15) is 41.3 Å². The zero-order valence-electron chi connectivity index (χ0n) is 17.3. The molecule has 5 rings (SSSR count). The zero-order valence-corrected chi connectivity index (χ0v) is 17.3. The maximum atomic E-state index is 13.1. The van der Waals surface area contributed by atoms with E-state index < -0.39 is 0 Å². The first kappa shape index (κ1) is 19.4. The molecule has 1 aliphatic rings. The van der Waals surface area contributed by atoms with Gasteiger partial charge in [0.05, 0.1) is 16.8 Å². The third kappa shape index (κ3) is 4.03. The monoisotopic (exact) mass is 412 g/mol. The summed E-state index contributed by atoms with van der Waals surface area (Å²) < 4.78 is 2.22. The van der Waals surface area contributed by atoms with E-state index in [-0.39, 0.29) is 5.91 Å². The van der Waals surface area contributed by atoms with E-state index in [1.54, 1.807) is 12.4 Å². The molecule has 0 aliphatic carbocycles. The van der Waals surface area contributed by atoms with Gasteiger partial charge in [-0.1, -0.05) is 24.6 Å². The van der Waals surface area contributed by atoms with Crippen molar-refractivity contribution in [2.45, 2.75) is 38.6 Å². The van der Waals surface area contributed by atoms with Crippen LogP contribution < -0.4 is 5.32 Å². The van der Waals surface area contributed by atoms with Gasteiger partial charge in [0.1, 0.15) is 11.6 Å². The predicted octanol–water partition coefficient (Wildman–Crippen LogP) is 3.59. The van der Waals surface area contributed by atoms with E-state index in [9.17, 15) is 4.79 Å². The number of pyridine rings is 2. The Balaban J connectivity index is 1.37. The smallest absolute Gasteiger partial charge is 0.252 e. The fraction of sp³-hybridized carbons (Fsp3) is 0.292. The van der Waals surface area contributed by atoms with Crippen LogP contribution in [0.2, 0.25) is 0 Å². The summed E-state index contributed by atoms with van der Waals surface area (Å²) in [5.74, 6) is 1.91. The fourth-order valence-electron chi connectivity index (χ4n) is 4.14. The Labute approximate surface area is 180 Å². The van der Waals surface area contributed by atoms with Crippen molar-refractivity contribution in [3.05, 3.63) is 72.1 Å². The number of fused-ring (bicyclic) bond motifs is 2. The molecule has 0 saturated heterocycles. The standard InChI is InChI=1S/C24H24N6O/c31-24(26-13-11-23-29-28-22-10-2-1-5-14-30(22)23)19-15-21(17-7-6-12-25-16-17)27-20-9-4-3-8-18(19)20/h3-4,6-9,12,15-16H,1-2,5,10-11,13-14H2,(H,26,31). The number of hydrogen-bond donors (Lipinski definition) is 1. The largest absolute Gasteiger partial charge is 0.352 e. The third-order valence-corrected chi connectivity index (χ3v) is 5.74. The molecular formula is C24H24N6O. The summed E-state index contributed by atoms with van der Waals surface area (Å²) >= 11 is 0. The maximum absolute atomic E-state index is 13.1. The quantitative estimate of drug-likeness (QED) is 0.541. The van der Waals surface area contributed by atoms with Gasteiger partial charge in [0.15, 0.2) is 0 Å². The van der Waals surface area contributed by atoms with Gasteiger partial charge < -0.3 is 9.88 Å². The van der Waals surface area contributed by atoms with Crippen LogP contribution in [0.4, 0.5) is 0 Å². The molecule has 3 aromatic heterocycles. The van der Waals surface area contributed by atoms with Crippen LogP contribution >= 0.6 is 0 Å². The van der Waals surface area contributed by atoms with Gasteiger partial charge >= 0.3 is 0 Å². The van der Waals surface area contributed by atoms with E-state index in [2.05, 4.69) is 25.1 Å². The van der Waals surface area contributed by atoms with Gasteiger partial charge in [-0.15, -0.1) is 10.2 Å². The highest BCUT2D eigenvalue weighted by Crippen LogP contribution is 2.24. The lowest BCUT2D eigenvalue weighted by atomic mass is 10.0. The molecule has 0 saturated carbocycles. The van der Waals surface area contributed by atoms with E-state index in [1.165, 1.54) is 12.8 Å². The molecule has 1 aliphatic heterocycles. The van der Waals surface area contributed by atoms with E-state index >= 15 is 0 Å². The van der Waals surface area contributed by atoms with Gasteiger partial charge in [-0.25, -0.2) is 4.98 Å². The van der Waals surface area contributed by atoms with Crippen molar-refractivity contribution in [1.29, 1.82) is 0 Å². The number of aromatic nitrogens is 5. The van der Waals surface area contributed by atoms with Crippen molar-refractivity contribution in [3.8, 4) is 11.3 Å². The van der Waals surface area contributed by atoms with Crippen molar-refractivity contribution in [2.75, 3.05) is 6.54 Å². The summed E-state index contributed by atoms with van der Waals surface area (Å²) in [5, 5.41) is 12.6. The SMILES string of the molecule is O=C(NCCc1nnc2n1CCCCC2)c1cc(-c2cccnc2)nc2ccccc12. The number of hydrogen-bond acceptors (Lipinski definition) is 5. The van der Waals surface area contributed by atoms with Gasteiger partial charge in [0.2, 0.25) is 0 Å². The Hall–Kier alpha value is -3.61. The van der Waals surface area contributed by atoms with Crippen LogP contribution in [-0.2, 0) is 19.4 Å². The minimum absolute atomic E-state index is 0.112. The lowest BCUT2D eigenvalue weighted by molar-refractivity contribution is 0.0955. The summed E-state index contributed by atoms with van der Waals surface area (Å²) in [4.78, 5) is 22.0. The van der Waals surface area contributed by atoms with Gasteiger partial charge in [-0.05, 0) is 37.1 Å². The molecule has 0 bridgehead atoms. The van der Waals surface area contributed by atoms with Gasteiger partial charge in [-0.2, -0.15) is 0 Å². The molecule has 0 unspecified atom stereocenters. The van der Waals surface area contributed by atoms with Gasteiger partial charge in [0.25, 0.3) is 5.91 Å². The average Bonchev–Trinajstić information content (AvgIpc) is 3.04. The van der Waals surface area contributed by atoms with E-state index in [0.29, 0.717) is 18.5 Å². The molecule has 4 aromatic rings. The first-order valence-corrected chi connectivity index (χ1v) is 10.8. The Kier molecular flexibility index (Phi) is 5.39. The molecule has 0 radical (unpaired) electrons. The van der Waals surface area contributed by atoms with E-state index in [4.69, 9.17) is 4.98 Å². The Bertz CT molecular complexity index is 1220. The van der Waals surface area contributed by atoms with Gasteiger partial charge in [-0.3, -0.25) is 9.78 Å². The number of benzene rings is 1. The van der Waals surface area contributed by atoms with Crippen LogP contribution in [-0.4, -0.2) is 37.2 Å². The molecule has 1 N–H and O–H groups in total. The lowest BCUT2D eigenvalue weighted by Crippen LogP contribution is -2.27. The molecule has 1 amide bonds. The summed E-state index contributed by atoms with van der Waals surface area (Å²) in [6, 6.07) is 13.4. The summed E-state index contributed by atoms with van der Waals surface area (Å²) in [6.45, 7) is 1.48. The van der Waals surface area contributed by atoms with Gasteiger partial charge in [0, 0.05) is 49.3 Å². The first-order valence-electron chi connectivity index (χ1n) is 10.8. The fourth-order valence-corrected chi connectivity index (χ4v) is 4.14. The second kappa shape index (κ2) is 8.63. The molecule has 4 heterocycles. The second-order valence-corrected chi connectivity index (χ2v) is 7.81. The van der Waals surface area contributed by atoms with Crippen molar-refractivity contribution in [3.63, 3.8) is 0 Å². The Morgan fingerprint density at radius 2 is 2.00 bits per heavy atom. The minimum atomic E-state index is -0.112. The molecule has 1 aromatic carbocycles. The van der Waals surface area contributed by atoms with Crippen molar-refractivity contribution >= 4 is 16.8 Å². The molecular weight excluding hydrogens is 388 g/mol. The average molecular weight is 412 g/mol. The number of nitrogens with one attached hydrogen (secondary N) is 1. The number of rotatable bonds is 5. The van der Waals surface area contributed by atoms with Crippen molar-refractivity contribution in [2.24, 2.45) is 0 Å². The number of carbonyl (C=O) groups excluding carboxylic acids is 1. The highest BCUT2D eigenvalue weighted by molar-refractivity contribution is 6.07. The van der Waals surface area contributed by atoms with Crippen LogP contribution in [0.25, 0.3) is 22.2 Å². The molecule has 31 heavy (non-hydrogen) atoms. The third-order valence-electron chi connectivity index (χ3n) is 5.74. The first-order chi connectivity index (χ1) is 15.3. The van der Waals surface area contributed by atoms with E-state index in [0.717, 1.165) is 53.2 Å². The van der Waals surface area contributed by atoms with Crippen molar-refractivity contribution in [1.82, 2.24) is 30.0 Å². The Morgan fingerprint density at radius 3 is 2.90 bits per heavy atom. The van der Waals surface area contributed by atoms with Crippen molar-refractivity contribution < 1.29 is 4.79 Å². The normalized spacial score (nSPS) is 13.5. The molecule has 0 spiro atoms. The number of amides is 1. The summed E-state index contributed by atoms with van der Waals surface area (Å²) in [7, 11) is 0. The van der Waals surface area contributed by atoms with Crippen LogP contribution in [0.15, 0.2) is 54.9 Å². The number of para-hydroxylation sites is 1. The molecule has 0 atom stereocenters. The van der Waals surface area contributed by atoms with Crippen LogP contribution in [0.3, 0.4) is 0 Å². The van der Waals surface area contributed by atoms with Crippen LogP contribution in [0, 0.1) is 0 Å². The summed E-state index contributed by atoms with van der Waals surface area (Å²) in [5.41, 5.74) is 3.02. The highest BCUT2D eigenvalue weighted by Gasteiger charge is 2.16. The highest BCUT2D eigenvalue weighted by atomic mass is 16.1. The van der Waals surface area contributed by atoms with Crippen LogP contribution in [0.5, 0.6) is 0 Å². The molecule has 7 nitrogen and oxygen atoms in total. The topological polar surface area (TPSA) is 85.6 Å². The predicted molar refractivity (Wildman–Crippen MR) is 119 cm³/mol. The maximum Gasteiger partial charge on any atom is 0.252 e.